The molecule has 27 heavy (non-hydrogen) atoms. The fourth-order valence-electron chi connectivity index (χ4n) is 4.62. The van der Waals surface area contributed by atoms with Crippen molar-refractivity contribution in [2.24, 2.45) is 5.92 Å². The van der Waals surface area contributed by atoms with Gasteiger partial charge in [-0.05, 0) is 49.3 Å². The molecule has 1 aliphatic heterocycles. The zero-order chi connectivity index (χ0) is 19.0. The molecule has 2 aliphatic rings. The number of nitrogens with one attached hydrogen (secondary N) is 2. The summed E-state index contributed by atoms with van der Waals surface area (Å²) in [6.07, 6.45) is 5.38. The van der Waals surface area contributed by atoms with Crippen LogP contribution in [0.2, 0.25) is 0 Å². The molecule has 1 aliphatic carbocycles. The van der Waals surface area contributed by atoms with Crippen molar-refractivity contribution in [2.45, 2.75) is 26.3 Å². The minimum atomic E-state index is -0.0892. The van der Waals surface area contributed by atoms with Gasteiger partial charge >= 0.3 is 0 Å². The number of hydrogen-bond donors (Lipinski definition) is 2. The highest BCUT2D eigenvalue weighted by atomic mass is 16.1. The number of carbonyl (C=O) groups is 1. The van der Waals surface area contributed by atoms with E-state index in [9.17, 15) is 4.79 Å². The van der Waals surface area contributed by atoms with Gasteiger partial charge in [0.05, 0.1) is 5.92 Å². The van der Waals surface area contributed by atoms with E-state index in [0.29, 0.717) is 12.6 Å². The molecule has 1 amide bonds. The summed E-state index contributed by atoms with van der Waals surface area (Å²) in [5, 5.41) is 4.48. The SMILES string of the molecule is CCN(CC)CCNC(=O)[C@@H]1C=C2c3cccc4[nH]cc(c34)C[C@H]2N(C)C1. The number of likely N-dealkylation sites (N-methyl/N-ethyl adjacent to an activating group) is 2. The molecule has 0 fully saturated rings. The number of benzene rings is 1. The Morgan fingerprint density at radius 1 is 1.33 bits per heavy atom. The molecule has 2 N–H and O–H groups in total. The lowest BCUT2D eigenvalue weighted by Gasteiger charge is -2.39. The van der Waals surface area contributed by atoms with Crippen molar-refractivity contribution in [3.63, 3.8) is 0 Å². The van der Waals surface area contributed by atoms with Crippen LogP contribution < -0.4 is 5.32 Å². The third-order valence-corrected chi connectivity index (χ3v) is 6.23. The maximum absolute atomic E-state index is 12.8. The molecule has 2 atom stereocenters. The second-order valence-corrected chi connectivity index (χ2v) is 7.75. The molecule has 5 nitrogen and oxygen atoms in total. The van der Waals surface area contributed by atoms with Gasteiger partial charge in [-0.15, -0.1) is 0 Å². The molecule has 5 heteroatoms. The lowest BCUT2D eigenvalue weighted by molar-refractivity contribution is -0.124. The predicted molar refractivity (Wildman–Crippen MR) is 111 cm³/mol. The largest absolute Gasteiger partial charge is 0.361 e. The standard InChI is InChI=1S/C22H30N4O/c1-4-26(5-2)10-9-23-22(27)16-11-18-17-7-6-8-19-21(17)15(13-24-19)12-20(18)25(3)14-16/h6-8,11,13,16,20,24H,4-5,9-10,12,14H2,1-3H3,(H,23,27)/t16-,20-/m1/s1. The molecule has 1 aromatic heterocycles. The summed E-state index contributed by atoms with van der Waals surface area (Å²) in [7, 11) is 2.14. The van der Waals surface area contributed by atoms with Gasteiger partial charge in [-0.1, -0.05) is 32.1 Å². The van der Waals surface area contributed by atoms with E-state index >= 15 is 0 Å². The van der Waals surface area contributed by atoms with Gasteiger partial charge in [0.25, 0.3) is 0 Å². The monoisotopic (exact) mass is 366 g/mol. The lowest BCUT2D eigenvalue weighted by Crippen LogP contribution is -2.47. The van der Waals surface area contributed by atoms with Gasteiger partial charge in [-0.2, -0.15) is 0 Å². The Labute approximate surface area is 161 Å². The number of aromatic amines is 1. The maximum atomic E-state index is 12.8. The van der Waals surface area contributed by atoms with Crippen LogP contribution in [0.25, 0.3) is 16.5 Å². The first kappa shape index (κ1) is 18.3. The zero-order valence-electron chi connectivity index (χ0n) is 16.6. The molecule has 0 unspecified atom stereocenters. The number of H-pyrrole nitrogens is 1. The van der Waals surface area contributed by atoms with E-state index in [1.54, 1.807) is 0 Å². The lowest BCUT2D eigenvalue weighted by atomic mass is 9.80. The number of nitrogens with zero attached hydrogens (tertiary/aromatic N) is 2. The summed E-state index contributed by atoms with van der Waals surface area (Å²) >= 11 is 0. The number of amides is 1. The van der Waals surface area contributed by atoms with Gasteiger partial charge in [-0.3, -0.25) is 9.69 Å². The Kier molecular flexibility index (Phi) is 5.06. The second-order valence-electron chi connectivity index (χ2n) is 7.75. The molecule has 144 valence electrons. The highest BCUT2D eigenvalue weighted by molar-refractivity contribution is 5.99. The number of rotatable bonds is 6. The number of hydrogen-bond acceptors (Lipinski definition) is 3. The molecule has 2 aromatic rings. The van der Waals surface area contributed by atoms with Gasteiger partial charge in [-0.25, -0.2) is 0 Å². The minimum Gasteiger partial charge on any atom is -0.361 e. The quantitative estimate of drug-likeness (QED) is 0.826. The summed E-state index contributed by atoms with van der Waals surface area (Å²) in [5.41, 5.74) is 5.17. The van der Waals surface area contributed by atoms with E-state index in [4.69, 9.17) is 0 Å². The molecule has 2 heterocycles. The van der Waals surface area contributed by atoms with Crippen LogP contribution in [0, 0.1) is 5.92 Å². The summed E-state index contributed by atoms with van der Waals surface area (Å²) < 4.78 is 0. The highest BCUT2D eigenvalue weighted by Crippen LogP contribution is 2.40. The van der Waals surface area contributed by atoms with E-state index in [0.717, 1.165) is 32.6 Å². The molecule has 0 bridgehead atoms. The first-order valence-corrected chi connectivity index (χ1v) is 10.1. The summed E-state index contributed by atoms with van der Waals surface area (Å²) in [5.74, 6) is 0.0562. The number of carbonyl (C=O) groups excluding carboxylic acids is 1. The van der Waals surface area contributed by atoms with Crippen LogP contribution in [0.5, 0.6) is 0 Å². The van der Waals surface area contributed by atoms with E-state index < -0.39 is 0 Å². The fraction of sp³-hybridized carbons (Fsp3) is 0.500. The summed E-state index contributed by atoms with van der Waals surface area (Å²) in [6, 6.07) is 6.80. The van der Waals surface area contributed by atoms with Crippen molar-refractivity contribution in [2.75, 3.05) is 39.8 Å². The van der Waals surface area contributed by atoms with Crippen LogP contribution in [-0.2, 0) is 11.2 Å². The van der Waals surface area contributed by atoms with Gasteiger partial charge in [0.2, 0.25) is 5.91 Å². The molecule has 0 saturated carbocycles. The summed E-state index contributed by atoms with van der Waals surface area (Å²) in [4.78, 5) is 20.9. The molecule has 0 spiro atoms. The Balaban J connectivity index is 1.55. The Hall–Kier alpha value is -2.11. The number of aromatic nitrogens is 1. The van der Waals surface area contributed by atoms with Gasteiger partial charge in [0.1, 0.15) is 0 Å². The fourth-order valence-corrected chi connectivity index (χ4v) is 4.62. The molecular weight excluding hydrogens is 336 g/mol. The smallest absolute Gasteiger partial charge is 0.228 e. The van der Waals surface area contributed by atoms with Crippen molar-refractivity contribution in [3.05, 3.63) is 41.6 Å². The third-order valence-electron chi connectivity index (χ3n) is 6.23. The Bertz CT molecular complexity index is 864. The second kappa shape index (κ2) is 7.49. The average Bonchev–Trinajstić information content (AvgIpc) is 3.10. The Morgan fingerprint density at radius 2 is 2.15 bits per heavy atom. The normalized spacial score (nSPS) is 22.0. The van der Waals surface area contributed by atoms with E-state index in [1.165, 1.54) is 27.6 Å². The van der Waals surface area contributed by atoms with Crippen LogP contribution >= 0.6 is 0 Å². The van der Waals surface area contributed by atoms with Crippen LogP contribution in [0.3, 0.4) is 0 Å². The molecule has 4 rings (SSSR count). The van der Waals surface area contributed by atoms with Gasteiger partial charge in [0, 0.05) is 42.8 Å². The molecular formula is C22H30N4O. The van der Waals surface area contributed by atoms with E-state index in [2.05, 4.69) is 71.5 Å². The van der Waals surface area contributed by atoms with Crippen LogP contribution in [-0.4, -0.2) is 66.5 Å². The van der Waals surface area contributed by atoms with E-state index in [-0.39, 0.29) is 11.8 Å². The third kappa shape index (κ3) is 3.30. The van der Waals surface area contributed by atoms with Crippen molar-refractivity contribution in [1.82, 2.24) is 20.1 Å². The molecule has 0 radical (unpaired) electrons. The topological polar surface area (TPSA) is 51.4 Å². The predicted octanol–water partition coefficient (Wildman–Crippen LogP) is 2.50. The van der Waals surface area contributed by atoms with Crippen molar-refractivity contribution >= 4 is 22.4 Å². The van der Waals surface area contributed by atoms with Crippen molar-refractivity contribution in [1.29, 1.82) is 0 Å². The van der Waals surface area contributed by atoms with Crippen molar-refractivity contribution < 1.29 is 4.79 Å². The molecule has 1 aromatic carbocycles. The minimum absolute atomic E-state index is 0.0892. The summed E-state index contributed by atoms with van der Waals surface area (Å²) in [6.45, 7) is 8.76. The highest BCUT2D eigenvalue weighted by Gasteiger charge is 2.35. The first-order valence-electron chi connectivity index (χ1n) is 10.1. The Morgan fingerprint density at radius 3 is 2.93 bits per heavy atom. The van der Waals surface area contributed by atoms with E-state index in [1.807, 2.05) is 0 Å². The first-order chi connectivity index (χ1) is 13.1. The molecule has 0 saturated heterocycles. The van der Waals surface area contributed by atoms with Gasteiger partial charge < -0.3 is 15.2 Å². The van der Waals surface area contributed by atoms with Crippen LogP contribution in [0.4, 0.5) is 0 Å². The number of fused-ring (bicyclic) bond motifs is 2. The maximum Gasteiger partial charge on any atom is 0.228 e. The van der Waals surface area contributed by atoms with Crippen LogP contribution in [0.15, 0.2) is 30.5 Å². The average molecular weight is 367 g/mol. The van der Waals surface area contributed by atoms with Gasteiger partial charge in [0.15, 0.2) is 0 Å². The van der Waals surface area contributed by atoms with Crippen LogP contribution in [0.1, 0.15) is 25.0 Å². The zero-order valence-corrected chi connectivity index (χ0v) is 16.6. The van der Waals surface area contributed by atoms with Crippen molar-refractivity contribution in [3.8, 4) is 0 Å².